The van der Waals surface area contributed by atoms with Crippen LogP contribution in [0.15, 0.2) is 54.6 Å². The van der Waals surface area contributed by atoms with Gasteiger partial charge in [0.1, 0.15) is 5.75 Å². The van der Waals surface area contributed by atoms with E-state index in [9.17, 15) is 0 Å². The molecule has 4 heteroatoms. The number of hydrogen-bond acceptors (Lipinski definition) is 4. The van der Waals surface area contributed by atoms with Gasteiger partial charge < -0.3 is 15.4 Å². The van der Waals surface area contributed by atoms with Crippen LogP contribution in [0.1, 0.15) is 12.8 Å². The highest BCUT2D eigenvalue weighted by molar-refractivity contribution is 5.46. The van der Waals surface area contributed by atoms with E-state index < -0.39 is 0 Å². The van der Waals surface area contributed by atoms with Crippen LogP contribution in [0.4, 0.5) is 11.4 Å². The molecule has 0 saturated carbocycles. The smallest absolute Gasteiger partial charge is 0.121 e. The van der Waals surface area contributed by atoms with Crippen molar-refractivity contribution in [1.29, 1.82) is 0 Å². The van der Waals surface area contributed by atoms with Crippen LogP contribution < -0.4 is 15.4 Å². The van der Waals surface area contributed by atoms with Gasteiger partial charge in [0.2, 0.25) is 0 Å². The summed E-state index contributed by atoms with van der Waals surface area (Å²) in [5.74, 6) is 0.867. The molecule has 4 nitrogen and oxygen atoms in total. The molecule has 3 rings (SSSR count). The van der Waals surface area contributed by atoms with Crippen LogP contribution in [0.5, 0.6) is 5.75 Å². The molecule has 0 amide bonds. The lowest BCUT2D eigenvalue weighted by molar-refractivity contribution is 0.238. The molecule has 1 saturated heterocycles. The fraction of sp³-hybridized carbons (Fsp3) is 0.400. The second-order valence-electron chi connectivity index (χ2n) is 6.29. The Hall–Kier alpha value is -2.20. The van der Waals surface area contributed by atoms with Gasteiger partial charge >= 0.3 is 0 Å². The van der Waals surface area contributed by atoms with Gasteiger partial charge in [0, 0.05) is 43.6 Å². The van der Waals surface area contributed by atoms with Gasteiger partial charge in [-0.25, -0.2) is 0 Å². The van der Waals surface area contributed by atoms with Crippen molar-refractivity contribution < 1.29 is 4.74 Å². The number of nitrogens with two attached hydrogens (primary N) is 1. The highest BCUT2D eigenvalue weighted by Gasteiger charge is 2.16. The molecule has 1 aliphatic heterocycles. The first-order valence-corrected chi connectivity index (χ1v) is 8.82. The first kappa shape index (κ1) is 16.7. The van der Waals surface area contributed by atoms with Crippen LogP contribution in [-0.2, 0) is 0 Å². The van der Waals surface area contributed by atoms with Gasteiger partial charge in [0.15, 0.2) is 0 Å². The van der Waals surface area contributed by atoms with E-state index in [4.69, 9.17) is 10.5 Å². The predicted molar refractivity (Wildman–Crippen MR) is 101 cm³/mol. The fourth-order valence-electron chi connectivity index (χ4n) is 3.10. The van der Waals surface area contributed by atoms with Gasteiger partial charge in [0.25, 0.3) is 0 Å². The van der Waals surface area contributed by atoms with Crippen molar-refractivity contribution in [3.05, 3.63) is 54.6 Å². The summed E-state index contributed by atoms with van der Waals surface area (Å²) in [5, 5.41) is 0. The molecule has 0 aliphatic carbocycles. The van der Waals surface area contributed by atoms with Crippen LogP contribution in [0.25, 0.3) is 0 Å². The SMILES string of the molecule is Nc1cccc(OCCCCN2CCN(c3ccccc3)CC2)c1. The van der Waals surface area contributed by atoms with E-state index in [0.717, 1.165) is 57.2 Å². The topological polar surface area (TPSA) is 41.7 Å². The third kappa shape index (κ3) is 4.90. The number of anilines is 2. The first-order chi connectivity index (χ1) is 11.8. The third-order valence-electron chi connectivity index (χ3n) is 4.49. The average Bonchev–Trinajstić information content (AvgIpc) is 2.63. The number of hydrogen-bond donors (Lipinski definition) is 1. The predicted octanol–water partition coefficient (Wildman–Crippen LogP) is 3.25. The third-order valence-corrected chi connectivity index (χ3v) is 4.49. The Morgan fingerprint density at radius 3 is 2.42 bits per heavy atom. The maximum Gasteiger partial charge on any atom is 0.121 e. The van der Waals surface area contributed by atoms with E-state index in [0.29, 0.717) is 0 Å². The van der Waals surface area contributed by atoms with E-state index in [1.165, 1.54) is 12.1 Å². The molecule has 0 unspecified atom stereocenters. The van der Waals surface area contributed by atoms with Crippen molar-refractivity contribution in [2.75, 3.05) is 50.0 Å². The van der Waals surface area contributed by atoms with E-state index in [1.807, 2.05) is 24.3 Å². The van der Waals surface area contributed by atoms with Crippen molar-refractivity contribution in [1.82, 2.24) is 4.90 Å². The quantitative estimate of drug-likeness (QED) is 0.627. The van der Waals surface area contributed by atoms with Crippen molar-refractivity contribution in [3.63, 3.8) is 0 Å². The Balaban J connectivity index is 1.30. The van der Waals surface area contributed by atoms with Gasteiger partial charge in [-0.3, -0.25) is 4.90 Å². The monoisotopic (exact) mass is 325 g/mol. The molecule has 1 heterocycles. The highest BCUT2D eigenvalue weighted by Crippen LogP contribution is 2.16. The summed E-state index contributed by atoms with van der Waals surface area (Å²) in [5.41, 5.74) is 7.84. The molecule has 0 spiro atoms. The average molecular weight is 325 g/mol. The maximum absolute atomic E-state index is 5.75. The normalized spacial score (nSPS) is 15.4. The van der Waals surface area contributed by atoms with Crippen molar-refractivity contribution in [3.8, 4) is 5.75 Å². The Kier molecular flexibility index (Phi) is 5.96. The standard InChI is InChI=1S/C20H27N3O/c21-18-7-6-10-20(17-18)24-16-5-4-11-22-12-14-23(15-13-22)19-8-2-1-3-9-19/h1-3,6-10,17H,4-5,11-16,21H2. The minimum atomic E-state index is 0.754. The van der Waals surface area contributed by atoms with E-state index in [2.05, 4.69) is 40.1 Å². The number of nitrogen functional groups attached to an aromatic ring is 1. The second kappa shape index (κ2) is 8.60. The second-order valence-corrected chi connectivity index (χ2v) is 6.29. The summed E-state index contributed by atoms with van der Waals surface area (Å²) in [6, 6.07) is 18.3. The molecule has 2 N–H and O–H groups in total. The van der Waals surface area contributed by atoms with Crippen LogP contribution in [0, 0.1) is 0 Å². The summed E-state index contributed by atoms with van der Waals surface area (Å²) in [6.45, 7) is 6.43. The van der Waals surface area contributed by atoms with Gasteiger partial charge in [-0.15, -0.1) is 0 Å². The number of unbranched alkanes of at least 4 members (excludes halogenated alkanes) is 1. The van der Waals surface area contributed by atoms with Crippen molar-refractivity contribution >= 4 is 11.4 Å². The molecule has 0 bridgehead atoms. The summed E-state index contributed by atoms with van der Waals surface area (Å²) in [6.07, 6.45) is 2.25. The molecule has 2 aromatic carbocycles. The first-order valence-electron chi connectivity index (χ1n) is 8.82. The number of nitrogens with zero attached hydrogens (tertiary/aromatic N) is 2. The molecule has 128 valence electrons. The molecular formula is C20H27N3O. The number of para-hydroxylation sites is 1. The van der Waals surface area contributed by atoms with Crippen molar-refractivity contribution in [2.45, 2.75) is 12.8 Å². The largest absolute Gasteiger partial charge is 0.494 e. The van der Waals surface area contributed by atoms with E-state index in [1.54, 1.807) is 0 Å². The van der Waals surface area contributed by atoms with Gasteiger partial charge in [-0.05, 0) is 43.7 Å². The lowest BCUT2D eigenvalue weighted by Crippen LogP contribution is -2.46. The number of benzene rings is 2. The number of piperazine rings is 1. The molecule has 24 heavy (non-hydrogen) atoms. The summed E-state index contributed by atoms with van der Waals surface area (Å²) in [7, 11) is 0. The summed E-state index contributed by atoms with van der Waals surface area (Å²) < 4.78 is 5.74. The molecule has 2 aromatic rings. The van der Waals surface area contributed by atoms with E-state index in [-0.39, 0.29) is 0 Å². The highest BCUT2D eigenvalue weighted by atomic mass is 16.5. The zero-order valence-electron chi connectivity index (χ0n) is 14.2. The molecule has 0 aromatic heterocycles. The Morgan fingerprint density at radius 1 is 0.875 bits per heavy atom. The fourth-order valence-corrected chi connectivity index (χ4v) is 3.10. The van der Waals surface area contributed by atoms with Crippen LogP contribution in [-0.4, -0.2) is 44.2 Å². The zero-order chi connectivity index (χ0) is 16.6. The van der Waals surface area contributed by atoms with Gasteiger partial charge in [-0.2, -0.15) is 0 Å². The Morgan fingerprint density at radius 2 is 1.67 bits per heavy atom. The maximum atomic E-state index is 5.75. The molecule has 0 radical (unpaired) electrons. The molecular weight excluding hydrogens is 298 g/mol. The van der Waals surface area contributed by atoms with E-state index >= 15 is 0 Å². The lowest BCUT2D eigenvalue weighted by atomic mass is 10.2. The zero-order valence-corrected chi connectivity index (χ0v) is 14.2. The minimum absolute atomic E-state index is 0.754. The number of ether oxygens (including phenoxy) is 1. The minimum Gasteiger partial charge on any atom is -0.494 e. The number of rotatable bonds is 7. The van der Waals surface area contributed by atoms with Gasteiger partial charge in [-0.1, -0.05) is 24.3 Å². The van der Waals surface area contributed by atoms with Crippen LogP contribution in [0.2, 0.25) is 0 Å². The molecule has 0 atom stereocenters. The van der Waals surface area contributed by atoms with Crippen molar-refractivity contribution in [2.24, 2.45) is 0 Å². The summed E-state index contributed by atoms with van der Waals surface area (Å²) >= 11 is 0. The summed E-state index contributed by atoms with van der Waals surface area (Å²) in [4.78, 5) is 5.03. The molecule has 1 aliphatic rings. The Bertz CT molecular complexity index is 609. The lowest BCUT2D eigenvalue weighted by Gasteiger charge is -2.36. The van der Waals surface area contributed by atoms with Crippen LogP contribution in [0.3, 0.4) is 0 Å². The Labute approximate surface area is 144 Å². The van der Waals surface area contributed by atoms with Crippen LogP contribution >= 0.6 is 0 Å². The van der Waals surface area contributed by atoms with Gasteiger partial charge in [0.05, 0.1) is 6.61 Å². The molecule has 1 fully saturated rings.